The number of carbonyl (C=O) groups excluding carboxylic acids is 3. The van der Waals surface area contributed by atoms with Crippen LogP contribution >= 0.6 is 0 Å². The maximum absolute atomic E-state index is 11.2. The zero-order valence-corrected chi connectivity index (χ0v) is 7.90. The van der Waals surface area contributed by atoms with Gasteiger partial charge in [0.25, 0.3) is 0 Å². The molecule has 0 saturated heterocycles. The summed E-state index contributed by atoms with van der Waals surface area (Å²) in [4.78, 5) is 34.5. The highest BCUT2D eigenvalue weighted by Crippen LogP contribution is 2.02. The summed E-state index contributed by atoms with van der Waals surface area (Å²) >= 11 is 0. The molecule has 0 unspecified atom stereocenters. The molecule has 14 heavy (non-hydrogen) atoms. The van der Waals surface area contributed by atoms with Crippen molar-refractivity contribution in [2.24, 2.45) is 0 Å². The Labute approximate surface area is 81.1 Å². The second-order valence-corrected chi connectivity index (χ2v) is 2.98. The summed E-state index contributed by atoms with van der Waals surface area (Å²) in [5.41, 5.74) is 0.0104. The first-order valence-corrected chi connectivity index (χ1v) is 3.97. The second-order valence-electron chi connectivity index (χ2n) is 2.98. The third-order valence-corrected chi connectivity index (χ3v) is 1.60. The number of amides is 2. The van der Waals surface area contributed by atoms with E-state index in [0.717, 1.165) is 18.2 Å². The molecule has 0 heterocycles. The van der Waals surface area contributed by atoms with Crippen molar-refractivity contribution < 1.29 is 14.4 Å². The van der Waals surface area contributed by atoms with Gasteiger partial charge in [-0.2, -0.15) is 0 Å². The van der Waals surface area contributed by atoms with E-state index in [1.165, 1.54) is 4.90 Å². The van der Waals surface area contributed by atoms with Crippen LogP contribution in [-0.2, 0) is 9.59 Å². The maximum Gasteiger partial charge on any atom is 0.321 e. The van der Waals surface area contributed by atoms with Crippen LogP contribution in [0.2, 0.25) is 0 Å². The van der Waals surface area contributed by atoms with Crippen LogP contribution in [0.3, 0.4) is 0 Å². The minimum atomic E-state index is -0.437. The first-order valence-electron chi connectivity index (χ1n) is 3.97. The second kappa shape index (κ2) is 3.87. The smallest absolute Gasteiger partial charge is 0.321 e. The summed E-state index contributed by atoms with van der Waals surface area (Å²) in [7, 11) is 3.09. The zero-order chi connectivity index (χ0) is 10.7. The largest absolute Gasteiger partial charge is 0.331 e. The van der Waals surface area contributed by atoms with Crippen molar-refractivity contribution >= 4 is 17.6 Å². The summed E-state index contributed by atoms with van der Waals surface area (Å²) in [5, 5.41) is 2.32. The van der Waals surface area contributed by atoms with E-state index in [4.69, 9.17) is 0 Å². The first-order chi connectivity index (χ1) is 6.50. The van der Waals surface area contributed by atoms with Gasteiger partial charge in [-0.3, -0.25) is 9.59 Å². The zero-order valence-electron chi connectivity index (χ0n) is 7.90. The molecule has 2 amide bonds. The van der Waals surface area contributed by atoms with Crippen LogP contribution in [0.25, 0.3) is 0 Å². The summed E-state index contributed by atoms with van der Waals surface area (Å²) in [6, 6.07) is -0.437. The number of nitrogens with one attached hydrogen (secondary N) is 1. The van der Waals surface area contributed by atoms with Crippen molar-refractivity contribution in [2.75, 3.05) is 14.1 Å². The molecular formula is C9H10N2O3. The van der Waals surface area contributed by atoms with Crippen molar-refractivity contribution in [3.63, 3.8) is 0 Å². The van der Waals surface area contributed by atoms with E-state index in [2.05, 4.69) is 5.32 Å². The summed E-state index contributed by atoms with van der Waals surface area (Å²) in [6.07, 6.45) is 3.39. The van der Waals surface area contributed by atoms with Crippen molar-refractivity contribution in [3.8, 4) is 0 Å². The first kappa shape index (κ1) is 10.2. The van der Waals surface area contributed by atoms with Crippen LogP contribution in [0.1, 0.15) is 0 Å². The monoisotopic (exact) mass is 194 g/mol. The molecule has 1 aliphatic rings. The Morgan fingerprint density at radius 1 is 1.29 bits per heavy atom. The van der Waals surface area contributed by atoms with Gasteiger partial charge in [0.05, 0.1) is 5.70 Å². The molecule has 1 rings (SSSR count). The van der Waals surface area contributed by atoms with E-state index in [1.807, 2.05) is 0 Å². The number of hydrogen-bond acceptors (Lipinski definition) is 3. The molecule has 0 radical (unpaired) electrons. The Balaban J connectivity index is 2.74. The SMILES string of the molecule is CN(C)C(=O)NC1=CC(=O)C=CC1=O. The Morgan fingerprint density at radius 3 is 2.50 bits per heavy atom. The minimum absolute atomic E-state index is 0.0104. The number of allylic oxidation sites excluding steroid dienone is 3. The van der Waals surface area contributed by atoms with Gasteiger partial charge in [0.15, 0.2) is 5.78 Å². The quantitative estimate of drug-likeness (QED) is 0.590. The van der Waals surface area contributed by atoms with Crippen LogP contribution in [0.15, 0.2) is 23.9 Å². The number of urea groups is 1. The van der Waals surface area contributed by atoms with Gasteiger partial charge in [-0.1, -0.05) is 0 Å². The van der Waals surface area contributed by atoms with E-state index in [0.29, 0.717) is 0 Å². The lowest BCUT2D eigenvalue weighted by molar-refractivity contribution is -0.114. The third kappa shape index (κ3) is 2.29. The molecule has 0 atom stereocenters. The summed E-state index contributed by atoms with van der Waals surface area (Å²) in [5.74, 6) is -0.682. The Morgan fingerprint density at radius 2 is 1.93 bits per heavy atom. The fourth-order valence-corrected chi connectivity index (χ4v) is 0.834. The van der Waals surface area contributed by atoms with Crippen LogP contribution in [0.5, 0.6) is 0 Å². The Bertz CT molecular complexity index is 353. The molecule has 5 heteroatoms. The highest BCUT2D eigenvalue weighted by Gasteiger charge is 2.16. The van der Waals surface area contributed by atoms with Crippen molar-refractivity contribution in [2.45, 2.75) is 0 Å². The predicted octanol–water partition coefficient (Wildman–Crippen LogP) is -0.151. The van der Waals surface area contributed by atoms with Gasteiger partial charge >= 0.3 is 6.03 Å². The lowest BCUT2D eigenvalue weighted by Gasteiger charge is -2.13. The molecule has 1 N–H and O–H groups in total. The Hall–Kier alpha value is -1.91. The fraction of sp³-hybridized carbons (Fsp3) is 0.222. The highest BCUT2D eigenvalue weighted by atomic mass is 16.2. The van der Waals surface area contributed by atoms with Crippen molar-refractivity contribution in [3.05, 3.63) is 23.9 Å². The van der Waals surface area contributed by atoms with Crippen LogP contribution in [0.4, 0.5) is 4.79 Å². The van der Waals surface area contributed by atoms with Gasteiger partial charge in [0, 0.05) is 20.2 Å². The topological polar surface area (TPSA) is 66.5 Å². The number of nitrogens with zero attached hydrogens (tertiary/aromatic N) is 1. The van der Waals surface area contributed by atoms with Gasteiger partial charge in [0.1, 0.15) is 0 Å². The predicted molar refractivity (Wildman–Crippen MR) is 49.5 cm³/mol. The van der Waals surface area contributed by atoms with Gasteiger partial charge in [0.2, 0.25) is 5.78 Å². The number of carbonyl (C=O) groups is 3. The van der Waals surface area contributed by atoms with E-state index in [9.17, 15) is 14.4 Å². The summed E-state index contributed by atoms with van der Waals surface area (Å²) < 4.78 is 0. The Kier molecular flexibility index (Phi) is 2.81. The number of rotatable bonds is 1. The molecule has 0 aliphatic heterocycles. The molecule has 1 aliphatic carbocycles. The normalized spacial score (nSPS) is 15.1. The molecule has 0 bridgehead atoms. The minimum Gasteiger partial charge on any atom is -0.331 e. The molecule has 0 aromatic rings. The van der Waals surface area contributed by atoms with Gasteiger partial charge in [-0.05, 0) is 12.2 Å². The lowest BCUT2D eigenvalue weighted by atomic mass is 10.1. The van der Waals surface area contributed by atoms with Crippen molar-refractivity contribution in [1.29, 1.82) is 0 Å². The van der Waals surface area contributed by atoms with Crippen LogP contribution < -0.4 is 5.32 Å². The van der Waals surface area contributed by atoms with E-state index in [1.54, 1.807) is 14.1 Å². The fourth-order valence-electron chi connectivity index (χ4n) is 0.834. The number of hydrogen-bond donors (Lipinski definition) is 1. The van der Waals surface area contributed by atoms with E-state index in [-0.39, 0.29) is 17.3 Å². The van der Waals surface area contributed by atoms with Crippen LogP contribution in [-0.4, -0.2) is 36.6 Å². The van der Waals surface area contributed by atoms with Crippen LogP contribution in [0, 0.1) is 0 Å². The standard InChI is InChI=1S/C9H10N2O3/c1-11(2)9(14)10-7-5-6(12)3-4-8(7)13/h3-5H,1-2H3,(H,10,14). The van der Waals surface area contributed by atoms with E-state index >= 15 is 0 Å². The molecular weight excluding hydrogens is 184 g/mol. The average molecular weight is 194 g/mol. The van der Waals surface area contributed by atoms with Gasteiger partial charge in [-0.25, -0.2) is 4.79 Å². The molecule has 0 aromatic carbocycles. The molecule has 0 spiro atoms. The highest BCUT2D eigenvalue weighted by molar-refractivity contribution is 6.18. The molecule has 74 valence electrons. The maximum atomic E-state index is 11.2. The molecule has 0 fully saturated rings. The van der Waals surface area contributed by atoms with Crippen molar-refractivity contribution in [1.82, 2.24) is 10.2 Å². The average Bonchev–Trinajstić information content (AvgIpc) is 2.11. The van der Waals surface area contributed by atoms with E-state index < -0.39 is 6.03 Å². The molecule has 5 nitrogen and oxygen atoms in total. The third-order valence-electron chi connectivity index (χ3n) is 1.60. The van der Waals surface area contributed by atoms with Gasteiger partial charge in [-0.15, -0.1) is 0 Å². The van der Waals surface area contributed by atoms with Gasteiger partial charge < -0.3 is 10.2 Å². The molecule has 0 aromatic heterocycles. The summed E-state index contributed by atoms with van der Waals surface area (Å²) in [6.45, 7) is 0. The number of ketones is 2. The molecule has 0 saturated carbocycles. The lowest BCUT2D eigenvalue weighted by Crippen LogP contribution is -2.36.